The molecule has 8 nitrogen and oxygen atoms in total. The van der Waals surface area contributed by atoms with E-state index in [2.05, 4.69) is 15.1 Å². The number of carbonyl (C=O) groups excluding carboxylic acids is 1. The molecule has 0 atom stereocenters. The summed E-state index contributed by atoms with van der Waals surface area (Å²) in [5, 5.41) is 19.3. The second-order valence-corrected chi connectivity index (χ2v) is 7.12. The number of carbonyl (C=O) groups is 1. The van der Waals surface area contributed by atoms with Crippen LogP contribution in [0.2, 0.25) is 0 Å². The summed E-state index contributed by atoms with van der Waals surface area (Å²) in [7, 11) is 1.53. The van der Waals surface area contributed by atoms with Crippen molar-refractivity contribution < 1.29 is 19.4 Å². The van der Waals surface area contributed by atoms with E-state index in [0.29, 0.717) is 18.2 Å². The number of hydrogen-bond donors (Lipinski definition) is 1. The van der Waals surface area contributed by atoms with Crippen molar-refractivity contribution in [3.63, 3.8) is 0 Å². The third-order valence-electron chi connectivity index (χ3n) is 5.14. The Labute approximate surface area is 174 Å². The Kier molecular flexibility index (Phi) is 5.94. The summed E-state index contributed by atoms with van der Waals surface area (Å²) in [6.07, 6.45) is 2.32. The molecule has 1 aromatic heterocycles. The summed E-state index contributed by atoms with van der Waals surface area (Å²) in [5.41, 5.74) is 1.14. The van der Waals surface area contributed by atoms with E-state index in [-0.39, 0.29) is 18.2 Å². The van der Waals surface area contributed by atoms with Gasteiger partial charge >= 0.3 is 5.91 Å². The number of azo groups is 1. The number of likely N-dealkylation sites (tertiary alicyclic amines) is 1. The fourth-order valence-corrected chi connectivity index (χ4v) is 3.65. The van der Waals surface area contributed by atoms with E-state index in [0.717, 1.165) is 36.8 Å². The highest BCUT2D eigenvalue weighted by Gasteiger charge is 2.20. The Balaban J connectivity index is 1.52. The van der Waals surface area contributed by atoms with Crippen LogP contribution >= 0.6 is 0 Å². The minimum atomic E-state index is -0.559. The topological polar surface area (TPSA) is 88.6 Å². The van der Waals surface area contributed by atoms with Crippen LogP contribution in [-0.4, -0.2) is 47.3 Å². The molecule has 8 heteroatoms. The average molecular weight is 408 g/mol. The molecule has 2 heterocycles. The van der Waals surface area contributed by atoms with Gasteiger partial charge in [-0.15, -0.1) is 10.2 Å². The van der Waals surface area contributed by atoms with E-state index in [1.165, 1.54) is 7.11 Å². The highest BCUT2D eigenvalue weighted by Crippen LogP contribution is 2.39. The predicted molar refractivity (Wildman–Crippen MR) is 112 cm³/mol. The fourth-order valence-electron chi connectivity index (χ4n) is 3.65. The van der Waals surface area contributed by atoms with Gasteiger partial charge in [0.2, 0.25) is 5.88 Å². The molecule has 4 rings (SSSR count). The number of rotatable bonds is 7. The van der Waals surface area contributed by atoms with Gasteiger partial charge in [0.1, 0.15) is 0 Å². The number of aromatic nitrogens is 1. The van der Waals surface area contributed by atoms with E-state index in [4.69, 9.17) is 9.47 Å². The smallest absolute Gasteiger partial charge is 0.302 e. The predicted octanol–water partition coefficient (Wildman–Crippen LogP) is 4.10. The normalized spacial score (nSPS) is 14.6. The minimum absolute atomic E-state index is 0.00490. The molecular weight excluding hydrogens is 384 g/mol. The maximum Gasteiger partial charge on any atom is 0.302 e. The lowest BCUT2D eigenvalue weighted by Gasteiger charge is -2.17. The Morgan fingerprint density at radius 3 is 2.53 bits per heavy atom. The lowest BCUT2D eigenvalue weighted by molar-refractivity contribution is -0.120. The van der Waals surface area contributed by atoms with Gasteiger partial charge in [0.05, 0.1) is 19.3 Å². The first-order valence-electron chi connectivity index (χ1n) is 9.90. The first-order chi connectivity index (χ1) is 14.7. The number of fused-ring (bicyclic) bond motifs is 1. The molecule has 1 aliphatic rings. The van der Waals surface area contributed by atoms with Crippen LogP contribution in [0.25, 0.3) is 10.9 Å². The van der Waals surface area contributed by atoms with Crippen molar-refractivity contribution in [2.45, 2.75) is 19.5 Å². The highest BCUT2D eigenvalue weighted by atomic mass is 16.5. The van der Waals surface area contributed by atoms with Crippen LogP contribution in [0.3, 0.4) is 0 Å². The van der Waals surface area contributed by atoms with Gasteiger partial charge in [0.15, 0.2) is 23.8 Å². The molecule has 30 heavy (non-hydrogen) atoms. The van der Waals surface area contributed by atoms with E-state index >= 15 is 0 Å². The van der Waals surface area contributed by atoms with Gasteiger partial charge < -0.3 is 14.6 Å². The van der Waals surface area contributed by atoms with Crippen LogP contribution in [-0.2, 0) is 11.5 Å². The third kappa shape index (κ3) is 4.13. The van der Waals surface area contributed by atoms with Gasteiger partial charge in [0.25, 0.3) is 0 Å². The number of hydrogen-bond acceptors (Lipinski definition) is 6. The zero-order valence-corrected chi connectivity index (χ0v) is 16.8. The quantitative estimate of drug-likeness (QED) is 0.595. The molecule has 1 N–H and O–H groups in total. The Morgan fingerprint density at radius 2 is 1.77 bits per heavy atom. The standard InChI is InChI=1S/C22H24N4O4/c1-29-18-10-4-5-11-19(18)30-14-20(27)23-24-21-16-8-2-3-9-17(16)26(22(21)28)15-25-12-6-7-13-25/h2-5,8-11,28H,6-7,12-15H2,1H3. The molecule has 1 aliphatic heterocycles. The highest BCUT2D eigenvalue weighted by molar-refractivity contribution is 5.95. The van der Waals surface area contributed by atoms with Crippen LogP contribution < -0.4 is 9.47 Å². The maximum atomic E-state index is 12.2. The molecule has 1 fully saturated rings. The van der Waals surface area contributed by atoms with Crippen LogP contribution in [0.4, 0.5) is 5.69 Å². The van der Waals surface area contributed by atoms with Crippen molar-refractivity contribution in [1.29, 1.82) is 0 Å². The summed E-state index contributed by atoms with van der Waals surface area (Å²) in [5.74, 6) is 0.431. The largest absolute Gasteiger partial charge is 0.493 e. The van der Waals surface area contributed by atoms with Gasteiger partial charge in [-0.1, -0.05) is 30.3 Å². The Morgan fingerprint density at radius 1 is 1.07 bits per heavy atom. The van der Waals surface area contributed by atoms with Gasteiger partial charge in [-0.25, -0.2) is 0 Å². The first kappa shape index (κ1) is 19.9. The molecule has 1 saturated heterocycles. The second kappa shape index (κ2) is 8.96. The van der Waals surface area contributed by atoms with Crippen molar-refractivity contribution in [2.24, 2.45) is 10.2 Å². The number of nitrogens with zero attached hydrogens (tertiary/aromatic N) is 4. The Hall–Kier alpha value is -3.39. The number of amides is 1. The zero-order valence-electron chi connectivity index (χ0n) is 16.8. The van der Waals surface area contributed by atoms with Crippen molar-refractivity contribution in [3.05, 3.63) is 48.5 Å². The number of methoxy groups -OCH3 is 1. The second-order valence-electron chi connectivity index (χ2n) is 7.12. The third-order valence-corrected chi connectivity index (χ3v) is 5.14. The molecule has 0 spiro atoms. The summed E-state index contributed by atoms with van der Waals surface area (Å²) < 4.78 is 12.5. The SMILES string of the molecule is COc1ccccc1OCC(=O)N=Nc1c(O)n(CN2CCCC2)c2ccccc12. The Bertz CT molecular complexity index is 1070. The van der Waals surface area contributed by atoms with Gasteiger partial charge in [-0.2, -0.15) is 0 Å². The van der Waals surface area contributed by atoms with Crippen molar-refractivity contribution in [3.8, 4) is 17.4 Å². The molecule has 1 amide bonds. The zero-order chi connectivity index (χ0) is 20.9. The number of para-hydroxylation sites is 3. The first-order valence-corrected chi connectivity index (χ1v) is 9.90. The molecule has 0 aliphatic carbocycles. The molecule has 0 saturated carbocycles. The average Bonchev–Trinajstić information content (AvgIpc) is 3.38. The van der Waals surface area contributed by atoms with Crippen molar-refractivity contribution in [1.82, 2.24) is 9.47 Å². The lowest BCUT2D eigenvalue weighted by atomic mass is 10.2. The summed E-state index contributed by atoms with van der Waals surface area (Å²) in [6, 6.07) is 14.6. The van der Waals surface area contributed by atoms with Crippen LogP contribution in [0, 0.1) is 0 Å². The molecule has 3 aromatic rings. The maximum absolute atomic E-state index is 12.2. The van der Waals surface area contributed by atoms with Crippen LogP contribution in [0.15, 0.2) is 58.8 Å². The molecule has 0 bridgehead atoms. The molecule has 156 valence electrons. The lowest BCUT2D eigenvalue weighted by Crippen LogP contribution is -2.22. The van der Waals surface area contributed by atoms with E-state index in [1.54, 1.807) is 18.2 Å². The van der Waals surface area contributed by atoms with Gasteiger partial charge in [-0.3, -0.25) is 14.3 Å². The molecular formula is C22H24N4O4. The monoisotopic (exact) mass is 408 g/mol. The summed E-state index contributed by atoms with van der Waals surface area (Å²) in [6.45, 7) is 2.30. The fraction of sp³-hybridized carbons (Fsp3) is 0.318. The molecule has 2 aromatic carbocycles. The van der Waals surface area contributed by atoms with Crippen molar-refractivity contribution >= 4 is 22.5 Å². The molecule has 0 unspecified atom stereocenters. The molecule has 0 radical (unpaired) electrons. The van der Waals surface area contributed by atoms with Crippen molar-refractivity contribution in [2.75, 3.05) is 26.8 Å². The summed E-state index contributed by atoms with van der Waals surface area (Å²) >= 11 is 0. The minimum Gasteiger partial charge on any atom is -0.493 e. The van der Waals surface area contributed by atoms with Gasteiger partial charge in [-0.05, 0) is 44.1 Å². The van der Waals surface area contributed by atoms with E-state index in [1.807, 2.05) is 34.9 Å². The number of ether oxygens (including phenoxy) is 2. The summed E-state index contributed by atoms with van der Waals surface area (Å²) in [4.78, 5) is 14.5. The van der Waals surface area contributed by atoms with Crippen LogP contribution in [0.5, 0.6) is 17.4 Å². The van der Waals surface area contributed by atoms with E-state index in [9.17, 15) is 9.90 Å². The number of aromatic hydroxyl groups is 1. The van der Waals surface area contributed by atoms with E-state index < -0.39 is 5.91 Å². The van der Waals surface area contributed by atoms with Gasteiger partial charge in [0, 0.05) is 5.39 Å². The van der Waals surface area contributed by atoms with Crippen LogP contribution in [0.1, 0.15) is 12.8 Å². The number of benzene rings is 2.